The van der Waals surface area contributed by atoms with Gasteiger partial charge < -0.3 is 10.4 Å². The SMILES string of the molecule is CC(=O)C1=C(C)NC(C)=C(C(C)=O)C1c1cccc(O)c1. The fraction of sp³-hybridized carbons (Fsp3) is 0.294. The molecular weight excluding hydrogens is 266 g/mol. The second-order valence-corrected chi connectivity index (χ2v) is 5.34. The van der Waals surface area contributed by atoms with E-state index in [9.17, 15) is 14.7 Å². The lowest BCUT2D eigenvalue weighted by atomic mass is 9.78. The molecule has 1 aliphatic heterocycles. The number of ketones is 2. The number of nitrogens with one attached hydrogen (secondary N) is 1. The lowest BCUT2D eigenvalue weighted by Gasteiger charge is -2.30. The monoisotopic (exact) mass is 285 g/mol. The molecule has 0 aromatic heterocycles. The Bertz CT molecular complexity index is 647. The molecule has 21 heavy (non-hydrogen) atoms. The summed E-state index contributed by atoms with van der Waals surface area (Å²) in [5, 5.41) is 12.8. The van der Waals surface area contributed by atoms with Gasteiger partial charge in [0, 0.05) is 28.5 Å². The summed E-state index contributed by atoms with van der Waals surface area (Å²) in [6, 6.07) is 6.70. The van der Waals surface area contributed by atoms with Gasteiger partial charge in [-0.1, -0.05) is 12.1 Å². The van der Waals surface area contributed by atoms with Gasteiger partial charge in [-0.3, -0.25) is 9.59 Å². The van der Waals surface area contributed by atoms with E-state index in [0.29, 0.717) is 11.1 Å². The summed E-state index contributed by atoms with van der Waals surface area (Å²) in [5.74, 6) is -0.486. The second kappa shape index (κ2) is 5.56. The average Bonchev–Trinajstić information content (AvgIpc) is 2.36. The number of allylic oxidation sites excluding steroid dienone is 4. The zero-order valence-electron chi connectivity index (χ0n) is 12.7. The molecule has 2 N–H and O–H groups in total. The first-order chi connectivity index (χ1) is 9.82. The molecule has 0 unspecified atom stereocenters. The summed E-state index contributed by atoms with van der Waals surface area (Å²) in [7, 11) is 0. The first-order valence-electron chi connectivity index (χ1n) is 6.82. The molecule has 110 valence electrons. The fourth-order valence-corrected chi connectivity index (χ4v) is 2.97. The van der Waals surface area contributed by atoms with E-state index in [4.69, 9.17) is 0 Å². The summed E-state index contributed by atoms with van der Waals surface area (Å²) in [5.41, 5.74) is 3.37. The van der Waals surface area contributed by atoms with Crippen LogP contribution in [0.5, 0.6) is 5.75 Å². The predicted octanol–water partition coefficient (Wildman–Crippen LogP) is 2.81. The second-order valence-electron chi connectivity index (χ2n) is 5.34. The number of phenolic OH excluding ortho intramolecular Hbond substituents is 1. The van der Waals surface area contributed by atoms with Crippen LogP contribution >= 0.6 is 0 Å². The van der Waals surface area contributed by atoms with Crippen molar-refractivity contribution in [1.29, 1.82) is 0 Å². The molecule has 0 saturated carbocycles. The van der Waals surface area contributed by atoms with Gasteiger partial charge in [0.05, 0.1) is 0 Å². The van der Waals surface area contributed by atoms with Crippen LogP contribution in [0.1, 0.15) is 39.2 Å². The molecule has 0 bridgehead atoms. The molecule has 0 spiro atoms. The van der Waals surface area contributed by atoms with E-state index < -0.39 is 5.92 Å². The lowest BCUT2D eigenvalue weighted by Crippen LogP contribution is -2.29. The van der Waals surface area contributed by atoms with E-state index in [1.807, 2.05) is 19.9 Å². The van der Waals surface area contributed by atoms with Gasteiger partial charge in [0.1, 0.15) is 5.75 Å². The van der Waals surface area contributed by atoms with Crippen LogP contribution in [0.15, 0.2) is 46.8 Å². The molecular formula is C17H19NO3. The number of hydrogen-bond acceptors (Lipinski definition) is 4. The number of carbonyl (C=O) groups excluding carboxylic acids is 2. The molecule has 0 amide bonds. The molecule has 1 heterocycles. The maximum absolute atomic E-state index is 12.1. The Morgan fingerprint density at radius 1 is 1.05 bits per heavy atom. The quantitative estimate of drug-likeness (QED) is 0.896. The number of phenols is 1. The zero-order chi connectivity index (χ0) is 15.7. The minimum Gasteiger partial charge on any atom is -0.508 e. The molecule has 0 saturated heterocycles. The van der Waals surface area contributed by atoms with Gasteiger partial charge >= 0.3 is 0 Å². The minimum absolute atomic E-state index is 0.0837. The van der Waals surface area contributed by atoms with Crippen molar-refractivity contribution in [1.82, 2.24) is 5.32 Å². The Morgan fingerprint density at radius 3 is 2.00 bits per heavy atom. The van der Waals surface area contributed by atoms with E-state index >= 15 is 0 Å². The van der Waals surface area contributed by atoms with Crippen LogP contribution in [0.4, 0.5) is 0 Å². The van der Waals surface area contributed by atoms with Gasteiger partial charge in [-0.15, -0.1) is 0 Å². The third-order valence-corrected chi connectivity index (χ3v) is 3.72. The van der Waals surface area contributed by atoms with Crippen molar-refractivity contribution in [3.63, 3.8) is 0 Å². The molecule has 1 aromatic rings. The van der Waals surface area contributed by atoms with Crippen molar-refractivity contribution in [2.75, 3.05) is 0 Å². The number of dihydropyridines is 1. The highest BCUT2D eigenvalue weighted by molar-refractivity contribution is 6.03. The summed E-state index contributed by atoms with van der Waals surface area (Å²) in [4.78, 5) is 24.1. The van der Waals surface area contributed by atoms with Crippen LogP contribution in [0.25, 0.3) is 0 Å². The van der Waals surface area contributed by atoms with Gasteiger partial charge in [0.25, 0.3) is 0 Å². The van der Waals surface area contributed by atoms with Gasteiger partial charge in [-0.05, 0) is 45.4 Å². The molecule has 0 fully saturated rings. The van der Waals surface area contributed by atoms with Gasteiger partial charge in [0.2, 0.25) is 0 Å². The Morgan fingerprint density at radius 2 is 1.57 bits per heavy atom. The molecule has 0 radical (unpaired) electrons. The third-order valence-electron chi connectivity index (χ3n) is 3.72. The van der Waals surface area contributed by atoms with Crippen LogP contribution < -0.4 is 5.32 Å². The Hall–Kier alpha value is -2.36. The van der Waals surface area contributed by atoms with Crippen LogP contribution in [0.3, 0.4) is 0 Å². The Kier molecular flexibility index (Phi) is 3.98. The Labute approximate surface area is 124 Å². The van der Waals surface area contributed by atoms with Gasteiger partial charge in [0.15, 0.2) is 11.6 Å². The van der Waals surface area contributed by atoms with Crippen molar-refractivity contribution in [2.24, 2.45) is 0 Å². The number of hydrogen-bond donors (Lipinski definition) is 2. The van der Waals surface area contributed by atoms with E-state index in [2.05, 4.69) is 5.32 Å². The molecule has 2 rings (SSSR count). The highest BCUT2D eigenvalue weighted by Crippen LogP contribution is 2.39. The van der Waals surface area contributed by atoms with Crippen molar-refractivity contribution in [2.45, 2.75) is 33.6 Å². The maximum atomic E-state index is 12.1. The molecule has 4 nitrogen and oxygen atoms in total. The van der Waals surface area contributed by atoms with E-state index in [-0.39, 0.29) is 17.3 Å². The van der Waals surface area contributed by atoms with E-state index in [1.54, 1.807) is 18.2 Å². The highest BCUT2D eigenvalue weighted by atomic mass is 16.3. The lowest BCUT2D eigenvalue weighted by molar-refractivity contribution is -0.114. The van der Waals surface area contributed by atoms with Crippen molar-refractivity contribution in [3.8, 4) is 5.75 Å². The molecule has 0 aliphatic carbocycles. The highest BCUT2D eigenvalue weighted by Gasteiger charge is 2.33. The first-order valence-corrected chi connectivity index (χ1v) is 6.82. The normalized spacial score (nSPS) is 16.0. The topological polar surface area (TPSA) is 66.4 Å². The number of benzene rings is 1. The standard InChI is InChI=1S/C17H19NO3/c1-9-15(11(3)19)17(13-6-5-7-14(21)8-13)16(12(4)20)10(2)18-9/h5-8,17-18,21H,1-4H3. The zero-order valence-corrected chi connectivity index (χ0v) is 12.7. The number of rotatable bonds is 3. The largest absolute Gasteiger partial charge is 0.508 e. The smallest absolute Gasteiger partial charge is 0.158 e. The van der Waals surface area contributed by atoms with Crippen LogP contribution in [0.2, 0.25) is 0 Å². The van der Waals surface area contributed by atoms with Crippen molar-refractivity contribution >= 4 is 11.6 Å². The van der Waals surface area contributed by atoms with Crippen LogP contribution in [0, 0.1) is 0 Å². The van der Waals surface area contributed by atoms with Crippen molar-refractivity contribution in [3.05, 3.63) is 52.4 Å². The predicted molar refractivity (Wildman–Crippen MR) is 80.7 cm³/mol. The molecule has 4 heteroatoms. The van der Waals surface area contributed by atoms with Crippen molar-refractivity contribution < 1.29 is 14.7 Å². The van der Waals surface area contributed by atoms with E-state index in [1.165, 1.54) is 13.8 Å². The first kappa shape index (κ1) is 15.0. The van der Waals surface area contributed by atoms with Gasteiger partial charge in [-0.25, -0.2) is 0 Å². The summed E-state index contributed by atoms with van der Waals surface area (Å²) < 4.78 is 0. The molecule has 1 aromatic carbocycles. The average molecular weight is 285 g/mol. The van der Waals surface area contributed by atoms with Crippen LogP contribution in [-0.4, -0.2) is 16.7 Å². The summed E-state index contributed by atoms with van der Waals surface area (Å²) >= 11 is 0. The van der Waals surface area contributed by atoms with Crippen LogP contribution in [-0.2, 0) is 9.59 Å². The molecule has 0 atom stereocenters. The number of Topliss-reactive ketones (excluding diaryl/α,β-unsaturated/α-hetero) is 2. The fourth-order valence-electron chi connectivity index (χ4n) is 2.97. The molecule has 1 aliphatic rings. The van der Waals surface area contributed by atoms with E-state index in [0.717, 1.165) is 17.0 Å². The third kappa shape index (κ3) is 2.75. The summed E-state index contributed by atoms with van der Waals surface area (Å²) in [6.45, 7) is 6.64. The maximum Gasteiger partial charge on any atom is 0.158 e. The van der Waals surface area contributed by atoms with Gasteiger partial charge in [-0.2, -0.15) is 0 Å². The number of carbonyl (C=O) groups is 2. The Balaban J connectivity index is 2.70. The summed E-state index contributed by atoms with van der Waals surface area (Å²) in [6.07, 6.45) is 0. The number of aromatic hydroxyl groups is 1. The minimum atomic E-state index is -0.437.